The van der Waals surface area contributed by atoms with E-state index in [9.17, 15) is 8.78 Å². The van der Waals surface area contributed by atoms with E-state index in [0.717, 1.165) is 0 Å². The van der Waals surface area contributed by atoms with Gasteiger partial charge in [0, 0.05) is 5.39 Å². The van der Waals surface area contributed by atoms with Crippen molar-refractivity contribution in [3.05, 3.63) is 30.3 Å². The molecule has 1 aromatic heterocycles. The summed E-state index contributed by atoms with van der Waals surface area (Å²) in [4.78, 5) is 4.03. The Morgan fingerprint density at radius 1 is 1.20 bits per heavy atom. The van der Waals surface area contributed by atoms with Gasteiger partial charge in [0.25, 0.3) is 0 Å². The zero-order valence-electron chi connectivity index (χ0n) is 7.65. The molecule has 0 saturated carbocycles. The highest BCUT2D eigenvalue weighted by Gasteiger charge is 2.05. The Morgan fingerprint density at radius 3 is 2.73 bits per heavy atom. The van der Waals surface area contributed by atoms with E-state index in [0.29, 0.717) is 16.7 Å². The van der Waals surface area contributed by atoms with E-state index in [1.165, 1.54) is 12.1 Å². The molecule has 0 saturated heterocycles. The Bertz CT molecular complexity index is 488. The molecule has 0 radical (unpaired) electrons. The molecule has 0 unspecified atom stereocenters. The smallest absolute Gasteiger partial charge is 0.387 e. The monoisotopic (exact) mass is 210 g/mol. The second-order valence-corrected chi connectivity index (χ2v) is 2.97. The minimum Gasteiger partial charge on any atom is -0.435 e. The molecule has 0 amide bonds. The first kappa shape index (κ1) is 9.64. The van der Waals surface area contributed by atoms with Gasteiger partial charge >= 0.3 is 6.61 Å². The fraction of sp³-hybridized carbons (Fsp3) is 0.100. The summed E-state index contributed by atoms with van der Waals surface area (Å²) in [6.45, 7) is -2.82. The summed E-state index contributed by atoms with van der Waals surface area (Å²) < 4.78 is 28.1. The number of ether oxygens (including phenoxy) is 1. The summed E-state index contributed by atoms with van der Waals surface area (Å²) in [5.41, 5.74) is 6.13. The molecule has 0 aliphatic rings. The fourth-order valence-corrected chi connectivity index (χ4v) is 1.30. The highest BCUT2D eigenvalue weighted by Crippen LogP contribution is 2.21. The maximum atomic E-state index is 11.9. The lowest BCUT2D eigenvalue weighted by Crippen LogP contribution is -2.01. The molecule has 15 heavy (non-hydrogen) atoms. The van der Waals surface area contributed by atoms with Crippen LogP contribution in [-0.4, -0.2) is 11.6 Å². The number of fused-ring (bicyclic) bond motifs is 1. The molecule has 2 N–H and O–H groups in total. The first-order valence-corrected chi connectivity index (χ1v) is 4.26. The molecule has 0 aliphatic heterocycles. The number of nitrogens with two attached hydrogens (primary N) is 1. The van der Waals surface area contributed by atoms with E-state index in [1.807, 2.05) is 0 Å². The number of nitrogen functional groups attached to an aromatic ring is 1. The highest BCUT2D eigenvalue weighted by molar-refractivity contribution is 5.81. The van der Waals surface area contributed by atoms with Crippen LogP contribution in [0.25, 0.3) is 10.9 Å². The molecule has 0 fully saturated rings. The van der Waals surface area contributed by atoms with Crippen molar-refractivity contribution in [3.8, 4) is 5.75 Å². The van der Waals surface area contributed by atoms with Crippen molar-refractivity contribution in [2.24, 2.45) is 0 Å². The van der Waals surface area contributed by atoms with Crippen LogP contribution in [0.5, 0.6) is 5.75 Å². The van der Waals surface area contributed by atoms with Gasteiger partial charge in [0.15, 0.2) is 0 Å². The van der Waals surface area contributed by atoms with E-state index in [-0.39, 0.29) is 5.75 Å². The number of halogens is 2. The van der Waals surface area contributed by atoms with Crippen LogP contribution in [0.1, 0.15) is 0 Å². The van der Waals surface area contributed by atoms with Crippen molar-refractivity contribution < 1.29 is 13.5 Å². The summed E-state index contributed by atoms with van der Waals surface area (Å²) in [6.07, 6.45) is 0. The zero-order valence-corrected chi connectivity index (χ0v) is 7.65. The summed E-state index contributed by atoms with van der Waals surface area (Å²) in [5, 5.41) is 0.711. The van der Waals surface area contributed by atoms with Crippen LogP contribution in [-0.2, 0) is 0 Å². The van der Waals surface area contributed by atoms with Crippen LogP contribution >= 0.6 is 0 Å². The quantitative estimate of drug-likeness (QED) is 0.827. The molecule has 2 rings (SSSR count). The van der Waals surface area contributed by atoms with Crippen LogP contribution in [0.4, 0.5) is 14.6 Å². The minimum atomic E-state index is -2.82. The third kappa shape index (κ3) is 2.12. The fourth-order valence-electron chi connectivity index (χ4n) is 1.30. The molecule has 5 heteroatoms. The third-order valence-corrected chi connectivity index (χ3v) is 1.91. The molecule has 1 aromatic carbocycles. The maximum Gasteiger partial charge on any atom is 0.387 e. The van der Waals surface area contributed by atoms with Gasteiger partial charge in [-0.2, -0.15) is 8.78 Å². The summed E-state index contributed by atoms with van der Waals surface area (Å²) in [6, 6.07) is 7.82. The summed E-state index contributed by atoms with van der Waals surface area (Å²) >= 11 is 0. The predicted octanol–water partition coefficient (Wildman–Crippen LogP) is 2.42. The maximum absolute atomic E-state index is 11.9. The Kier molecular flexibility index (Phi) is 2.37. The molecule has 78 valence electrons. The van der Waals surface area contributed by atoms with Gasteiger partial charge in [-0.15, -0.1) is 0 Å². The number of hydrogen-bond acceptors (Lipinski definition) is 3. The predicted molar refractivity (Wildman–Crippen MR) is 52.8 cm³/mol. The lowest BCUT2D eigenvalue weighted by molar-refractivity contribution is -0.0497. The molecule has 0 spiro atoms. The van der Waals surface area contributed by atoms with Gasteiger partial charge in [-0.05, 0) is 30.3 Å². The lowest BCUT2D eigenvalue weighted by atomic mass is 10.2. The van der Waals surface area contributed by atoms with Crippen molar-refractivity contribution in [3.63, 3.8) is 0 Å². The number of aromatic nitrogens is 1. The molecule has 3 nitrogen and oxygen atoms in total. The molecule has 0 atom stereocenters. The number of rotatable bonds is 2. The molecule has 1 heterocycles. The first-order valence-electron chi connectivity index (χ1n) is 4.26. The van der Waals surface area contributed by atoms with Gasteiger partial charge < -0.3 is 10.5 Å². The average Bonchev–Trinajstić information content (AvgIpc) is 2.17. The van der Waals surface area contributed by atoms with Gasteiger partial charge in [0.1, 0.15) is 11.6 Å². The third-order valence-electron chi connectivity index (χ3n) is 1.91. The van der Waals surface area contributed by atoms with Crippen LogP contribution in [0.15, 0.2) is 30.3 Å². The number of hydrogen-bond donors (Lipinski definition) is 1. The van der Waals surface area contributed by atoms with Crippen LogP contribution in [0.3, 0.4) is 0 Å². The van der Waals surface area contributed by atoms with E-state index >= 15 is 0 Å². The SMILES string of the molecule is Nc1ccc2cc(OC(F)F)ccc2n1. The van der Waals surface area contributed by atoms with E-state index in [2.05, 4.69) is 9.72 Å². The minimum absolute atomic E-state index is 0.115. The van der Waals surface area contributed by atoms with Crippen LogP contribution < -0.4 is 10.5 Å². The van der Waals surface area contributed by atoms with Crippen molar-refractivity contribution in [2.75, 3.05) is 5.73 Å². The molecule has 0 bridgehead atoms. The standard InChI is InChI=1S/C10H8F2N2O/c11-10(12)15-7-2-3-8-6(5-7)1-4-9(13)14-8/h1-5,10H,(H2,13,14). The van der Waals surface area contributed by atoms with Gasteiger partial charge in [-0.3, -0.25) is 0 Å². The molecular formula is C10H8F2N2O. The van der Waals surface area contributed by atoms with Gasteiger partial charge in [0.2, 0.25) is 0 Å². The lowest BCUT2D eigenvalue weighted by Gasteiger charge is -2.05. The average molecular weight is 210 g/mol. The number of pyridine rings is 1. The largest absolute Gasteiger partial charge is 0.435 e. The Morgan fingerprint density at radius 2 is 2.00 bits per heavy atom. The second kappa shape index (κ2) is 3.68. The van der Waals surface area contributed by atoms with Crippen LogP contribution in [0, 0.1) is 0 Å². The van der Waals surface area contributed by atoms with Crippen molar-refractivity contribution in [1.29, 1.82) is 0 Å². The van der Waals surface area contributed by atoms with Gasteiger partial charge in [-0.1, -0.05) is 0 Å². The van der Waals surface area contributed by atoms with E-state index in [4.69, 9.17) is 5.73 Å². The normalized spacial score (nSPS) is 10.9. The Labute approximate surface area is 84.5 Å². The topological polar surface area (TPSA) is 48.1 Å². The van der Waals surface area contributed by atoms with Gasteiger partial charge in [0.05, 0.1) is 5.52 Å². The number of benzene rings is 1. The zero-order chi connectivity index (χ0) is 10.8. The van der Waals surface area contributed by atoms with Crippen molar-refractivity contribution >= 4 is 16.7 Å². The number of nitrogens with zero attached hydrogens (tertiary/aromatic N) is 1. The van der Waals surface area contributed by atoms with Gasteiger partial charge in [-0.25, -0.2) is 4.98 Å². The highest BCUT2D eigenvalue weighted by atomic mass is 19.3. The molecule has 2 aromatic rings. The second-order valence-electron chi connectivity index (χ2n) is 2.97. The summed E-state index contributed by atoms with van der Waals surface area (Å²) in [7, 11) is 0. The molecule has 0 aliphatic carbocycles. The van der Waals surface area contributed by atoms with Crippen molar-refractivity contribution in [2.45, 2.75) is 6.61 Å². The summed E-state index contributed by atoms with van der Waals surface area (Å²) in [5.74, 6) is 0.508. The van der Waals surface area contributed by atoms with Crippen LogP contribution in [0.2, 0.25) is 0 Å². The van der Waals surface area contributed by atoms with E-state index in [1.54, 1.807) is 18.2 Å². The number of anilines is 1. The number of alkyl halides is 2. The van der Waals surface area contributed by atoms with E-state index < -0.39 is 6.61 Å². The first-order chi connectivity index (χ1) is 7.15. The Hall–Kier alpha value is -1.91. The molecular weight excluding hydrogens is 202 g/mol. The Balaban J connectivity index is 2.43. The van der Waals surface area contributed by atoms with Crippen molar-refractivity contribution in [1.82, 2.24) is 4.98 Å².